The highest BCUT2D eigenvalue weighted by atomic mass is 32.2. The van der Waals surface area contributed by atoms with Crippen molar-refractivity contribution in [3.63, 3.8) is 0 Å². The van der Waals surface area contributed by atoms with Crippen molar-refractivity contribution in [2.75, 3.05) is 20.8 Å². The minimum absolute atomic E-state index is 0.170. The number of sulfonamides is 1. The molecule has 0 heterocycles. The van der Waals surface area contributed by atoms with Gasteiger partial charge in [-0.25, -0.2) is 8.42 Å². The quantitative estimate of drug-likeness (QED) is 0.613. The summed E-state index contributed by atoms with van der Waals surface area (Å²) in [7, 11) is -0.658. The Morgan fingerprint density at radius 2 is 1.69 bits per heavy atom. The molecule has 1 aliphatic rings. The van der Waals surface area contributed by atoms with Crippen LogP contribution in [-0.2, 0) is 14.8 Å². The van der Waals surface area contributed by atoms with Crippen LogP contribution in [0.25, 0.3) is 0 Å². The fourth-order valence-corrected chi connectivity index (χ4v) is 5.80. The molecule has 2 aromatic rings. The van der Waals surface area contributed by atoms with E-state index in [4.69, 9.17) is 9.47 Å². The number of methoxy groups -OCH3 is 2. The van der Waals surface area contributed by atoms with Crippen LogP contribution in [0.4, 0.5) is 0 Å². The third kappa shape index (κ3) is 5.61. The summed E-state index contributed by atoms with van der Waals surface area (Å²) in [5, 5.41) is 2.94. The summed E-state index contributed by atoms with van der Waals surface area (Å²) in [6, 6.07) is 13.3. The maximum atomic E-state index is 13.4. The van der Waals surface area contributed by atoms with Crippen molar-refractivity contribution in [3.8, 4) is 11.5 Å². The summed E-state index contributed by atoms with van der Waals surface area (Å²) in [5.74, 6) is 0.839. The Kier molecular flexibility index (Phi) is 8.15. The molecule has 32 heavy (non-hydrogen) atoms. The van der Waals surface area contributed by atoms with Gasteiger partial charge in [0.1, 0.15) is 0 Å². The van der Waals surface area contributed by atoms with Gasteiger partial charge in [0.25, 0.3) is 0 Å². The molecule has 8 heteroatoms. The van der Waals surface area contributed by atoms with Crippen LogP contribution in [0.15, 0.2) is 53.4 Å². The average Bonchev–Trinajstić information content (AvgIpc) is 2.83. The fraction of sp³-hybridized carbons (Fsp3) is 0.458. The topological polar surface area (TPSA) is 84.9 Å². The summed E-state index contributed by atoms with van der Waals surface area (Å²) in [4.78, 5) is 13.2. The molecule has 0 saturated heterocycles. The van der Waals surface area contributed by atoms with Crippen molar-refractivity contribution in [2.45, 2.75) is 56.0 Å². The van der Waals surface area contributed by atoms with Gasteiger partial charge in [0, 0.05) is 6.04 Å². The van der Waals surface area contributed by atoms with E-state index in [1.807, 2.05) is 19.1 Å². The van der Waals surface area contributed by atoms with Gasteiger partial charge in [-0.2, -0.15) is 4.31 Å². The Morgan fingerprint density at radius 1 is 1.03 bits per heavy atom. The van der Waals surface area contributed by atoms with Gasteiger partial charge >= 0.3 is 0 Å². The first-order valence-corrected chi connectivity index (χ1v) is 12.4. The Hall–Kier alpha value is -2.58. The van der Waals surface area contributed by atoms with E-state index in [-0.39, 0.29) is 29.4 Å². The summed E-state index contributed by atoms with van der Waals surface area (Å²) >= 11 is 0. The maximum Gasteiger partial charge on any atom is 0.243 e. The van der Waals surface area contributed by atoms with E-state index in [9.17, 15) is 13.2 Å². The van der Waals surface area contributed by atoms with Gasteiger partial charge < -0.3 is 14.8 Å². The third-order valence-electron chi connectivity index (χ3n) is 5.92. The highest BCUT2D eigenvalue weighted by Gasteiger charge is 2.34. The van der Waals surface area contributed by atoms with Gasteiger partial charge in [0.15, 0.2) is 11.5 Å². The maximum absolute atomic E-state index is 13.4. The molecule has 0 spiro atoms. The standard InChI is InChI=1S/C24H32N2O5S/c1-18(19-14-15-22(30-2)23(16-19)31-3)25-24(27)17-26(20-10-6-4-7-11-20)32(28,29)21-12-8-5-9-13-21/h5,8-9,12-16,18,20H,4,6-7,10-11,17H2,1-3H3,(H,25,27)/t18-/m0/s1. The minimum atomic E-state index is -3.78. The zero-order chi connectivity index (χ0) is 23.1. The van der Waals surface area contributed by atoms with Crippen molar-refractivity contribution in [1.29, 1.82) is 0 Å². The van der Waals surface area contributed by atoms with Crippen molar-refractivity contribution in [1.82, 2.24) is 9.62 Å². The van der Waals surface area contributed by atoms with Gasteiger partial charge in [0.05, 0.1) is 31.7 Å². The summed E-state index contributed by atoms with van der Waals surface area (Å²) < 4.78 is 38.8. The van der Waals surface area contributed by atoms with Gasteiger partial charge in [-0.05, 0) is 49.6 Å². The second kappa shape index (κ2) is 10.8. The van der Waals surface area contributed by atoms with Crippen molar-refractivity contribution >= 4 is 15.9 Å². The normalized spacial score (nSPS) is 15.9. The van der Waals surface area contributed by atoms with E-state index in [0.717, 1.165) is 37.7 Å². The molecule has 1 aliphatic carbocycles. The van der Waals surface area contributed by atoms with E-state index in [2.05, 4.69) is 5.32 Å². The SMILES string of the molecule is COc1ccc([C@H](C)NC(=O)CN(C2CCCCC2)S(=O)(=O)c2ccccc2)cc1OC. The number of carbonyl (C=O) groups is 1. The number of rotatable bonds is 9. The molecule has 2 aromatic carbocycles. The molecule has 1 N–H and O–H groups in total. The van der Waals surface area contributed by atoms with Gasteiger partial charge in [0.2, 0.25) is 15.9 Å². The first-order valence-electron chi connectivity index (χ1n) is 10.9. The van der Waals surface area contributed by atoms with Crippen LogP contribution in [0.2, 0.25) is 0 Å². The number of benzene rings is 2. The monoisotopic (exact) mass is 460 g/mol. The Labute approximate surface area is 190 Å². The summed E-state index contributed by atoms with van der Waals surface area (Å²) in [5.41, 5.74) is 0.839. The lowest BCUT2D eigenvalue weighted by Gasteiger charge is -2.33. The second-order valence-electron chi connectivity index (χ2n) is 8.06. The number of hydrogen-bond donors (Lipinski definition) is 1. The molecule has 174 valence electrons. The number of carbonyl (C=O) groups excluding carboxylic acids is 1. The van der Waals surface area contributed by atoms with Crippen molar-refractivity contribution in [2.24, 2.45) is 0 Å². The molecule has 0 aliphatic heterocycles. The number of nitrogens with zero attached hydrogens (tertiary/aromatic N) is 1. The molecular weight excluding hydrogens is 428 g/mol. The van der Waals surface area contributed by atoms with Gasteiger partial charge in [-0.1, -0.05) is 43.5 Å². The Balaban J connectivity index is 1.78. The van der Waals surface area contributed by atoms with Gasteiger partial charge in [-0.3, -0.25) is 4.79 Å². The van der Waals surface area contributed by atoms with E-state index >= 15 is 0 Å². The predicted molar refractivity (Wildman–Crippen MR) is 123 cm³/mol. The van der Waals surface area contributed by atoms with Crippen LogP contribution in [0.1, 0.15) is 50.6 Å². The van der Waals surface area contributed by atoms with Crippen LogP contribution in [0, 0.1) is 0 Å². The fourth-order valence-electron chi connectivity index (χ4n) is 4.14. The molecule has 1 atom stereocenters. The number of amides is 1. The number of hydrogen-bond acceptors (Lipinski definition) is 5. The highest BCUT2D eigenvalue weighted by molar-refractivity contribution is 7.89. The molecule has 0 unspecified atom stereocenters. The van der Waals surface area contributed by atoms with E-state index in [1.165, 1.54) is 4.31 Å². The molecule has 3 rings (SSSR count). The summed E-state index contributed by atoms with van der Waals surface area (Å²) in [6.07, 6.45) is 4.57. The molecule has 1 amide bonds. The highest BCUT2D eigenvalue weighted by Crippen LogP contribution is 2.30. The van der Waals surface area contributed by atoms with E-state index in [1.54, 1.807) is 50.6 Å². The average molecular weight is 461 g/mol. The first kappa shape index (κ1) is 24.1. The van der Waals surface area contributed by atoms with Crippen LogP contribution in [0.3, 0.4) is 0 Å². The van der Waals surface area contributed by atoms with Crippen LogP contribution < -0.4 is 14.8 Å². The van der Waals surface area contributed by atoms with Crippen LogP contribution in [-0.4, -0.2) is 45.4 Å². The minimum Gasteiger partial charge on any atom is -0.493 e. The molecular formula is C24H32N2O5S. The first-order chi connectivity index (χ1) is 15.4. The molecule has 7 nitrogen and oxygen atoms in total. The molecule has 1 fully saturated rings. The molecule has 0 aromatic heterocycles. The van der Waals surface area contributed by atoms with Crippen LogP contribution in [0.5, 0.6) is 11.5 Å². The van der Waals surface area contributed by atoms with Crippen molar-refractivity contribution in [3.05, 3.63) is 54.1 Å². The zero-order valence-corrected chi connectivity index (χ0v) is 19.7. The van der Waals surface area contributed by atoms with Crippen LogP contribution >= 0.6 is 0 Å². The zero-order valence-electron chi connectivity index (χ0n) is 18.9. The number of ether oxygens (including phenoxy) is 2. The largest absolute Gasteiger partial charge is 0.493 e. The van der Waals surface area contributed by atoms with E-state index in [0.29, 0.717) is 11.5 Å². The van der Waals surface area contributed by atoms with E-state index < -0.39 is 10.0 Å². The Morgan fingerprint density at radius 3 is 2.31 bits per heavy atom. The lowest BCUT2D eigenvalue weighted by Crippen LogP contribution is -2.47. The number of nitrogens with one attached hydrogen (secondary N) is 1. The molecule has 0 bridgehead atoms. The lowest BCUT2D eigenvalue weighted by molar-refractivity contribution is -0.122. The smallest absolute Gasteiger partial charge is 0.243 e. The molecule has 1 saturated carbocycles. The van der Waals surface area contributed by atoms with Gasteiger partial charge in [-0.15, -0.1) is 0 Å². The predicted octanol–water partition coefficient (Wildman–Crippen LogP) is 3.90. The Bertz CT molecular complexity index is 1000. The molecule has 0 radical (unpaired) electrons. The summed E-state index contributed by atoms with van der Waals surface area (Å²) in [6.45, 7) is 1.65. The lowest BCUT2D eigenvalue weighted by atomic mass is 9.95. The van der Waals surface area contributed by atoms with Crippen molar-refractivity contribution < 1.29 is 22.7 Å². The third-order valence-corrected chi connectivity index (χ3v) is 7.83. The second-order valence-corrected chi connectivity index (χ2v) is 9.95.